The lowest BCUT2D eigenvalue weighted by molar-refractivity contribution is 0.409. The molecule has 2 aromatic rings. The van der Waals surface area contributed by atoms with Crippen LogP contribution in [0.3, 0.4) is 0 Å². The number of aryl methyl sites for hydroxylation is 1. The molecule has 0 aliphatic carbocycles. The summed E-state index contributed by atoms with van der Waals surface area (Å²) in [4.78, 5) is 0. The highest BCUT2D eigenvalue weighted by Crippen LogP contribution is 2.34. The van der Waals surface area contributed by atoms with Crippen LogP contribution in [0.15, 0.2) is 42.5 Å². The first-order valence-corrected chi connectivity index (χ1v) is 6.06. The van der Waals surface area contributed by atoms with Crippen LogP contribution in [0.4, 0.5) is 5.69 Å². The molecule has 2 N–H and O–H groups in total. The van der Waals surface area contributed by atoms with Crippen LogP contribution in [-0.4, -0.2) is 7.11 Å². The summed E-state index contributed by atoms with van der Waals surface area (Å²) in [5.74, 6) is 0.288. The van der Waals surface area contributed by atoms with Crippen molar-refractivity contribution in [2.75, 3.05) is 12.8 Å². The van der Waals surface area contributed by atoms with Gasteiger partial charge in [0.05, 0.1) is 13.2 Å². The standard InChI is InChI=1S/C16H16N2O/c1-11-7-8-16(19-2)13(9-11)14(10-17)12-5-3-4-6-15(12)18/h3-9,14H,18H2,1-2H3. The van der Waals surface area contributed by atoms with Gasteiger partial charge in [-0.25, -0.2) is 0 Å². The van der Waals surface area contributed by atoms with Gasteiger partial charge in [-0.3, -0.25) is 0 Å². The summed E-state index contributed by atoms with van der Waals surface area (Å²) in [7, 11) is 1.61. The fourth-order valence-corrected chi connectivity index (χ4v) is 2.16. The molecule has 0 aromatic heterocycles. The largest absolute Gasteiger partial charge is 0.496 e. The first-order valence-electron chi connectivity index (χ1n) is 6.06. The quantitative estimate of drug-likeness (QED) is 0.853. The number of nitrogens with zero attached hydrogens (tertiary/aromatic N) is 1. The van der Waals surface area contributed by atoms with Gasteiger partial charge in [-0.05, 0) is 24.6 Å². The van der Waals surface area contributed by atoms with Gasteiger partial charge in [0.1, 0.15) is 11.7 Å². The van der Waals surface area contributed by atoms with Crippen molar-refractivity contribution in [1.82, 2.24) is 0 Å². The first kappa shape index (κ1) is 13.0. The Morgan fingerprint density at radius 2 is 1.89 bits per heavy atom. The molecule has 0 aliphatic rings. The van der Waals surface area contributed by atoms with Gasteiger partial charge in [-0.1, -0.05) is 35.9 Å². The molecule has 0 bridgehead atoms. The topological polar surface area (TPSA) is 59.0 Å². The SMILES string of the molecule is COc1ccc(C)cc1C(C#N)c1ccccc1N. The minimum atomic E-state index is -0.420. The van der Waals surface area contributed by atoms with Gasteiger partial charge in [0.15, 0.2) is 0 Å². The molecule has 0 radical (unpaired) electrons. The molecule has 0 amide bonds. The molecule has 1 unspecified atom stereocenters. The molecule has 0 spiro atoms. The lowest BCUT2D eigenvalue weighted by Gasteiger charge is -2.16. The molecule has 2 aromatic carbocycles. The molecule has 3 heteroatoms. The van der Waals surface area contributed by atoms with Crippen LogP contribution >= 0.6 is 0 Å². The van der Waals surface area contributed by atoms with Crippen LogP contribution in [-0.2, 0) is 0 Å². The monoisotopic (exact) mass is 252 g/mol. The zero-order valence-electron chi connectivity index (χ0n) is 11.1. The van der Waals surface area contributed by atoms with E-state index in [9.17, 15) is 5.26 Å². The molecule has 0 fully saturated rings. The van der Waals surface area contributed by atoms with Crippen molar-refractivity contribution in [1.29, 1.82) is 5.26 Å². The van der Waals surface area contributed by atoms with Crippen molar-refractivity contribution in [2.45, 2.75) is 12.8 Å². The predicted octanol–water partition coefficient (Wildman–Crippen LogP) is 3.24. The minimum Gasteiger partial charge on any atom is -0.496 e. The van der Waals surface area contributed by atoms with Gasteiger partial charge >= 0.3 is 0 Å². The number of rotatable bonds is 3. The lowest BCUT2D eigenvalue weighted by atomic mass is 9.90. The predicted molar refractivity (Wildman–Crippen MR) is 76.0 cm³/mol. The zero-order chi connectivity index (χ0) is 13.8. The van der Waals surface area contributed by atoms with Crippen molar-refractivity contribution in [3.05, 3.63) is 59.2 Å². The molecule has 96 valence electrons. The Morgan fingerprint density at radius 3 is 2.53 bits per heavy atom. The maximum absolute atomic E-state index is 9.51. The highest BCUT2D eigenvalue weighted by molar-refractivity contribution is 5.56. The Morgan fingerprint density at radius 1 is 1.16 bits per heavy atom. The Labute approximate surface area is 113 Å². The number of nitrogen functional groups attached to an aromatic ring is 1. The van der Waals surface area contributed by atoms with Crippen molar-refractivity contribution < 1.29 is 4.74 Å². The van der Waals surface area contributed by atoms with Gasteiger partial charge in [0.2, 0.25) is 0 Å². The third kappa shape index (κ3) is 2.53. The number of anilines is 1. The first-order chi connectivity index (χ1) is 9.17. The van der Waals surface area contributed by atoms with Gasteiger partial charge in [0, 0.05) is 11.3 Å². The van der Waals surface area contributed by atoms with Crippen LogP contribution in [0, 0.1) is 18.3 Å². The van der Waals surface area contributed by atoms with Gasteiger partial charge in [-0.15, -0.1) is 0 Å². The summed E-state index contributed by atoms with van der Waals surface area (Å²) < 4.78 is 5.35. The molecule has 0 aliphatic heterocycles. The number of methoxy groups -OCH3 is 1. The average Bonchev–Trinajstić information content (AvgIpc) is 2.42. The van der Waals surface area contributed by atoms with Crippen LogP contribution in [0.1, 0.15) is 22.6 Å². The van der Waals surface area contributed by atoms with Crippen LogP contribution in [0.5, 0.6) is 5.75 Å². The molecular weight excluding hydrogens is 236 g/mol. The van der Waals surface area contributed by atoms with E-state index in [1.807, 2.05) is 49.4 Å². The smallest absolute Gasteiger partial charge is 0.123 e. The molecule has 19 heavy (non-hydrogen) atoms. The maximum Gasteiger partial charge on any atom is 0.123 e. The average molecular weight is 252 g/mol. The number of para-hydroxylation sites is 1. The third-order valence-corrected chi connectivity index (χ3v) is 3.13. The highest BCUT2D eigenvalue weighted by Gasteiger charge is 2.19. The van der Waals surface area contributed by atoms with Gasteiger partial charge in [0.25, 0.3) is 0 Å². The van der Waals surface area contributed by atoms with E-state index in [1.165, 1.54) is 0 Å². The van der Waals surface area contributed by atoms with Crippen LogP contribution in [0.25, 0.3) is 0 Å². The normalized spacial score (nSPS) is 11.6. The summed E-state index contributed by atoms with van der Waals surface area (Å²) in [6, 6.07) is 15.6. The molecule has 1 atom stereocenters. The number of nitrogens with two attached hydrogens (primary N) is 1. The third-order valence-electron chi connectivity index (χ3n) is 3.13. The second kappa shape index (κ2) is 5.45. The van der Waals surface area contributed by atoms with E-state index in [0.29, 0.717) is 11.4 Å². The van der Waals surface area contributed by atoms with Crippen molar-refractivity contribution in [3.63, 3.8) is 0 Å². The summed E-state index contributed by atoms with van der Waals surface area (Å²) >= 11 is 0. The second-order valence-corrected chi connectivity index (χ2v) is 4.44. The van der Waals surface area contributed by atoms with E-state index >= 15 is 0 Å². The van der Waals surface area contributed by atoms with E-state index < -0.39 is 5.92 Å². The minimum absolute atomic E-state index is 0.420. The van der Waals surface area contributed by atoms with Crippen molar-refractivity contribution in [2.24, 2.45) is 0 Å². The van der Waals surface area contributed by atoms with Gasteiger partial charge in [-0.2, -0.15) is 5.26 Å². The number of hydrogen-bond acceptors (Lipinski definition) is 3. The summed E-state index contributed by atoms with van der Waals surface area (Å²) in [6.45, 7) is 1.99. The van der Waals surface area contributed by atoms with Crippen molar-refractivity contribution in [3.8, 4) is 11.8 Å². The van der Waals surface area contributed by atoms with E-state index in [0.717, 1.165) is 16.7 Å². The van der Waals surface area contributed by atoms with Crippen molar-refractivity contribution >= 4 is 5.69 Å². The molecule has 3 nitrogen and oxygen atoms in total. The Bertz CT molecular complexity index is 629. The van der Waals surface area contributed by atoms with E-state index in [4.69, 9.17) is 10.5 Å². The fraction of sp³-hybridized carbons (Fsp3) is 0.188. The van der Waals surface area contributed by atoms with E-state index in [2.05, 4.69) is 6.07 Å². The van der Waals surface area contributed by atoms with E-state index in [1.54, 1.807) is 7.11 Å². The summed E-state index contributed by atoms with van der Waals surface area (Å²) in [6.07, 6.45) is 0. The Kier molecular flexibility index (Phi) is 3.72. The number of benzene rings is 2. The number of ether oxygens (including phenoxy) is 1. The summed E-state index contributed by atoms with van der Waals surface area (Å²) in [5.41, 5.74) is 9.35. The molecule has 2 rings (SSSR count). The second-order valence-electron chi connectivity index (χ2n) is 4.44. The molecular formula is C16H16N2O. The van der Waals surface area contributed by atoms with Gasteiger partial charge < -0.3 is 10.5 Å². The summed E-state index contributed by atoms with van der Waals surface area (Å²) in [5, 5.41) is 9.51. The van der Waals surface area contributed by atoms with Crippen LogP contribution < -0.4 is 10.5 Å². The number of hydrogen-bond donors (Lipinski definition) is 1. The lowest BCUT2D eigenvalue weighted by Crippen LogP contribution is -2.04. The number of nitriles is 1. The fourth-order valence-electron chi connectivity index (χ4n) is 2.16. The zero-order valence-corrected chi connectivity index (χ0v) is 11.1. The highest BCUT2D eigenvalue weighted by atomic mass is 16.5. The molecule has 0 heterocycles. The van der Waals surface area contributed by atoms with Crippen LogP contribution in [0.2, 0.25) is 0 Å². The Balaban J connectivity index is 2.58. The molecule has 0 saturated heterocycles. The maximum atomic E-state index is 9.51. The van der Waals surface area contributed by atoms with E-state index in [-0.39, 0.29) is 0 Å². The molecule has 0 saturated carbocycles. The Hall–Kier alpha value is -2.47.